The first-order valence-electron chi connectivity index (χ1n) is 10.6. The van der Waals surface area contributed by atoms with E-state index in [1.54, 1.807) is 6.33 Å². The quantitative estimate of drug-likeness (QED) is 0.395. The Balaban J connectivity index is 1.62. The van der Waals surface area contributed by atoms with E-state index in [0.29, 0.717) is 17.8 Å². The Labute approximate surface area is 189 Å². The molecule has 4 rings (SSSR count). The zero-order valence-corrected chi connectivity index (χ0v) is 21.0. The summed E-state index contributed by atoms with van der Waals surface area (Å²) in [5, 5.41) is 0.415. The van der Waals surface area contributed by atoms with Crippen molar-refractivity contribution in [2.75, 3.05) is 12.3 Å². The molecule has 2 N–H and O–H groups in total. The van der Waals surface area contributed by atoms with Crippen LogP contribution in [-0.2, 0) is 13.9 Å². The van der Waals surface area contributed by atoms with E-state index in [-0.39, 0.29) is 34.4 Å². The molecule has 2 aliphatic rings. The lowest BCUT2D eigenvalue weighted by molar-refractivity contribution is -0.148. The molecule has 1 aliphatic carbocycles. The summed E-state index contributed by atoms with van der Waals surface area (Å²) in [6, 6.07) is -0.134. The number of aromatic nitrogens is 4. The Morgan fingerprint density at radius 2 is 1.97 bits per heavy atom. The van der Waals surface area contributed by atoms with E-state index in [2.05, 4.69) is 54.9 Å². The van der Waals surface area contributed by atoms with Crippen LogP contribution in [0.15, 0.2) is 18.0 Å². The largest absolute Gasteiger partial charge is 0.417 e. The van der Waals surface area contributed by atoms with Gasteiger partial charge in [0, 0.05) is 6.61 Å². The number of nitrogens with zero attached hydrogens (tertiary/aromatic N) is 4. The van der Waals surface area contributed by atoms with Crippen molar-refractivity contribution in [1.82, 2.24) is 19.5 Å². The number of hydrogen-bond donors (Lipinski definition) is 1. The Hall–Kier alpha value is -1.52. The highest BCUT2D eigenvalue weighted by Crippen LogP contribution is 2.45. The molecule has 0 amide bonds. The Bertz CT molecular complexity index is 1030. The van der Waals surface area contributed by atoms with Gasteiger partial charge in [0.05, 0.1) is 12.4 Å². The van der Waals surface area contributed by atoms with Gasteiger partial charge in [0.2, 0.25) is 5.95 Å². The van der Waals surface area contributed by atoms with Gasteiger partial charge >= 0.3 is 0 Å². The van der Waals surface area contributed by atoms with Gasteiger partial charge in [0.15, 0.2) is 24.9 Å². The smallest absolute Gasteiger partial charge is 0.223 e. The minimum Gasteiger partial charge on any atom is -0.417 e. The second-order valence-corrected chi connectivity index (χ2v) is 15.5. The van der Waals surface area contributed by atoms with Gasteiger partial charge in [-0.05, 0) is 44.0 Å². The van der Waals surface area contributed by atoms with Crippen molar-refractivity contribution >= 4 is 37.0 Å². The number of imidazole rings is 1. The topological polar surface area (TPSA) is 97.3 Å². The molecule has 0 bridgehead atoms. The van der Waals surface area contributed by atoms with Crippen molar-refractivity contribution in [2.45, 2.75) is 83.2 Å². The highest BCUT2D eigenvalue weighted by Gasteiger charge is 2.50. The molecule has 3 heterocycles. The van der Waals surface area contributed by atoms with Crippen LogP contribution in [0.2, 0.25) is 23.3 Å². The maximum absolute atomic E-state index is 6.41. The summed E-state index contributed by atoms with van der Waals surface area (Å²) in [5.41, 5.74) is 8.12. The number of fused-ring (bicyclic) bond motifs is 2. The minimum absolute atomic E-state index is 0.115. The predicted molar refractivity (Wildman–Crippen MR) is 123 cm³/mol. The number of nitrogen functional groups attached to an aromatic ring is 1. The summed E-state index contributed by atoms with van der Waals surface area (Å²) in [5.74, 6) is -0.556. The van der Waals surface area contributed by atoms with Gasteiger partial charge in [0.25, 0.3) is 0 Å². The molecular weight excluding hydrogens is 434 g/mol. The average Bonchev–Trinajstić information content (AvgIpc) is 3.25. The summed E-state index contributed by atoms with van der Waals surface area (Å²) in [6.45, 7) is 15.8. The van der Waals surface area contributed by atoms with E-state index in [0.717, 1.165) is 6.42 Å². The van der Waals surface area contributed by atoms with Crippen molar-refractivity contribution in [3.05, 3.63) is 23.1 Å². The third-order valence-electron chi connectivity index (χ3n) is 6.59. The van der Waals surface area contributed by atoms with Crippen LogP contribution in [0.25, 0.3) is 11.2 Å². The zero-order chi connectivity index (χ0) is 22.8. The van der Waals surface area contributed by atoms with E-state index < -0.39 is 14.1 Å². The van der Waals surface area contributed by atoms with Crippen LogP contribution in [0.5, 0.6) is 0 Å². The average molecular weight is 466 g/mol. The third kappa shape index (κ3) is 4.14. The van der Waals surface area contributed by atoms with Gasteiger partial charge in [-0.1, -0.05) is 38.4 Å². The molecule has 2 aromatic rings. The number of hydrogen-bond acceptors (Lipinski definition) is 7. The van der Waals surface area contributed by atoms with E-state index in [9.17, 15) is 0 Å². The fraction of sp³-hybridized carbons (Fsp3) is 0.667. The maximum Gasteiger partial charge on any atom is 0.223 e. The molecule has 1 fully saturated rings. The molecule has 170 valence electrons. The van der Waals surface area contributed by atoms with Crippen molar-refractivity contribution < 1.29 is 13.9 Å². The molecule has 1 aliphatic heterocycles. The number of rotatable bonds is 5. The summed E-state index contributed by atoms with van der Waals surface area (Å²) in [7, 11) is -1.82. The molecular formula is C21H32ClN5O3Si. The lowest BCUT2D eigenvalue weighted by Gasteiger charge is -2.36. The van der Waals surface area contributed by atoms with Crippen molar-refractivity contribution in [3.63, 3.8) is 0 Å². The Kier molecular flexibility index (Phi) is 5.50. The number of anilines is 1. The summed E-state index contributed by atoms with van der Waals surface area (Å²) < 4.78 is 20.9. The molecule has 0 spiro atoms. The van der Waals surface area contributed by atoms with Crippen molar-refractivity contribution in [1.29, 1.82) is 0 Å². The highest BCUT2D eigenvalue weighted by atomic mass is 35.5. The van der Waals surface area contributed by atoms with Crippen LogP contribution in [0, 0.1) is 0 Å². The van der Waals surface area contributed by atoms with Gasteiger partial charge < -0.3 is 24.2 Å². The first-order valence-corrected chi connectivity index (χ1v) is 13.9. The molecule has 2 aromatic heterocycles. The monoisotopic (exact) mass is 465 g/mol. The molecule has 0 unspecified atom stereocenters. The van der Waals surface area contributed by atoms with Gasteiger partial charge in [0.1, 0.15) is 17.7 Å². The Morgan fingerprint density at radius 1 is 1.26 bits per heavy atom. The lowest BCUT2D eigenvalue weighted by Crippen LogP contribution is -2.41. The second-order valence-electron chi connectivity index (χ2n) is 10.3. The lowest BCUT2D eigenvalue weighted by atomic mass is 10.1. The standard InChI is InChI=1S/C21H32ClN5O3Si/c1-20(2,3)31(6,7)28-9-8-12-10-13(16-15(12)29-21(4,5)30-16)27-11-24-14-17(22)25-19(23)26-18(14)27/h10-11,13,15-16H,8-9H2,1-7H3,(H2,23,25,26)/t13-,15-,16+/m1/s1. The second kappa shape index (κ2) is 7.52. The molecule has 31 heavy (non-hydrogen) atoms. The van der Waals surface area contributed by atoms with Gasteiger partial charge in [-0.2, -0.15) is 9.97 Å². The minimum atomic E-state index is -1.82. The van der Waals surface area contributed by atoms with Crippen molar-refractivity contribution in [2.24, 2.45) is 0 Å². The molecule has 0 radical (unpaired) electrons. The number of ether oxygens (including phenoxy) is 2. The fourth-order valence-electron chi connectivity index (χ4n) is 3.96. The molecule has 1 saturated heterocycles. The summed E-state index contributed by atoms with van der Waals surface area (Å²) in [6.07, 6.45) is 4.36. The number of halogens is 1. The van der Waals surface area contributed by atoms with E-state index in [1.807, 2.05) is 18.4 Å². The van der Waals surface area contributed by atoms with E-state index in [4.69, 9.17) is 31.2 Å². The van der Waals surface area contributed by atoms with Crippen LogP contribution in [0.1, 0.15) is 47.1 Å². The molecule has 3 atom stereocenters. The van der Waals surface area contributed by atoms with Gasteiger partial charge in [-0.25, -0.2) is 4.98 Å². The maximum atomic E-state index is 6.41. The predicted octanol–water partition coefficient (Wildman–Crippen LogP) is 4.48. The van der Waals surface area contributed by atoms with Crippen LogP contribution >= 0.6 is 11.6 Å². The Morgan fingerprint density at radius 3 is 2.65 bits per heavy atom. The third-order valence-corrected chi connectivity index (χ3v) is 11.4. The molecule has 10 heteroatoms. The van der Waals surface area contributed by atoms with Crippen molar-refractivity contribution in [3.8, 4) is 0 Å². The summed E-state index contributed by atoms with van der Waals surface area (Å²) >= 11 is 6.22. The van der Waals surface area contributed by atoms with E-state index >= 15 is 0 Å². The summed E-state index contributed by atoms with van der Waals surface area (Å²) in [4.78, 5) is 12.8. The van der Waals surface area contributed by atoms with Gasteiger partial charge in [-0.3, -0.25) is 0 Å². The van der Waals surface area contributed by atoms with Crippen LogP contribution in [0.3, 0.4) is 0 Å². The molecule has 0 saturated carbocycles. The molecule has 8 nitrogen and oxygen atoms in total. The fourth-order valence-corrected chi connectivity index (χ4v) is 5.22. The first kappa shape index (κ1) is 22.7. The SMILES string of the molecule is CC1(C)O[C@@H]2[C@H](O1)C(CCO[Si](C)(C)C(C)(C)C)=C[C@H]2n1cnc2c(Cl)nc(N)nc21. The van der Waals surface area contributed by atoms with Crippen LogP contribution in [-0.4, -0.2) is 52.4 Å². The highest BCUT2D eigenvalue weighted by molar-refractivity contribution is 6.74. The van der Waals surface area contributed by atoms with Gasteiger partial charge in [-0.15, -0.1) is 0 Å². The number of nitrogens with two attached hydrogens (primary N) is 1. The van der Waals surface area contributed by atoms with E-state index in [1.165, 1.54) is 5.57 Å². The van der Waals surface area contributed by atoms with Crippen LogP contribution < -0.4 is 5.73 Å². The molecule has 0 aromatic carbocycles. The van der Waals surface area contributed by atoms with Crippen LogP contribution in [0.4, 0.5) is 5.95 Å². The normalized spacial score (nSPS) is 25.8. The first-order chi connectivity index (χ1) is 14.3. The zero-order valence-electron chi connectivity index (χ0n) is 19.3.